The topological polar surface area (TPSA) is 83.1 Å². The van der Waals surface area contributed by atoms with E-state index in [1.165, 1.54) is 16.9 Å². The molecule has 2 heterocycles. The molecule has 1 atom stereocenters. The monoisotopic (exact) mass is 392 g/mol. The zero-order valence-corrected chi connectivity index (χ0v) is 16.4. The molecule has 3 N–H and O–H groups in total. The Balaban J connectivity index is 1.40. The third-order valence-electron chi connectivity index (χ3n) is 4.74. The van der Waals surface area contributed by atoms with Crippen LogP contribution in [-0.4, -0.2) is 16.9 Å². The fourth-order valence-corrected chi connectivity index (χ4v) is 4.14. The Morgan fingerprint density at radius 3 is 2.89 bits per heavy atom. The number of nitrogens with one attached hydrogen (secondary N) is 3. The fraction of sp³-hybridized carbons (Fsp3) is 0.190. The minimum Gasteiger partial charge on any atom is -0.331 e. The Hall–Kier alpha value is -3.19. The molecule has 1 aliphatic heterocycles. The molecule has 0 saturated heterocycles. The van der Waals surface area contributed by atoms with E-state index in [1.807, 2.05) is 43.3 Å². The van der Waals surface area contributed by atoms with Gasteiger partial charge in [0.25, 0.3) is 0 Å². The summed E-state index contributed by atoms with van der Waals surface area (Å²) in [6.45, 7) is 3.96. The van der Waals surface area contributed by atoms with E-state index in [1.54, 1.807) is 6.20 Å². The number of benzene rings is 2. The molecule has 3 amide bonds. The van der Waals surface area contributed by atoms with Crippen molar-refractivity contribution in [2.45, 2.75) is 26.3 Å². The Morgan fingerprint density at radius 2 is 2.07 bits per heavy atom. The third kappa shape index (κ3) is 3.75. The van der Waals surface area contributed by atoms with Crippen molar-refractivity contribution in [2.24, 2.45) is 0 Å². The number of carbonyl (C=O) groups excluding carboxylic acids is 2. The number of anilines is 2. The molecule has 142 valence electrons. The van der Waals surface area contributed by atoms with E-state index >= 15 is 0 Å². The Morgan fingerprint density at radius 1 is 1.25 bits per heavy atom. The lowest BCUT2D eigenvalue weighted by Crippen LogP contribution is -2.31. The summed E-state index contributed by atoms with van der Waals surface area (Å²) < 4.78 is 0. The molecule has 0 fully saturated rings. The molecule has 4 rings (SSSR count). The van der Waals surface area contributed by atoms with Crippen LogP contribution in [0.4, 0.5) is 15.6 Å². The Kier molecular flexibility index (Phi) is 4.83. The molecule has 28 heavy (non-hydrogen) atoms. The van der Waals surface area contributed by atoms with E-state index in [0.717, 1.165) is 27.3 Å². The second-order valence-corrected chi connectivity index (χ2v) is 7.84. The second-order valence-electron chi connectivity index (χ2n) is 6.81. The average Bonchev–Trinajstić information content (AvgIpc) is 3.26. The number of hydrogen-bond donors (Lipinski definition) is 3. The van der Waals surface area contributed by atoms with Gasteiger partial charge in [-0.3, -0.25) is 10.1 Å². The van der Waals surface area contributed by atoms with Crippen LogP contribution in [0, 0.1) is 6.92 Å². The number of fused-ring (bicyclic) bond motifs is 1. The van der Waals surface area contributed by atoms with E-state index in [9.17, 15) is 9.59 Å². The number of urea groups is 1. The molecule has 0 saturated carbocycles. The minimum atomic E-state index is -0.312. The first-order chi connectivity index (χ1) is 13.5. The number of amides is 3. The number of nitrogens with zero attached hydrogens (tertiary/aromatic N) is 1. The van der Waals surface area contributed by atoms with E-state index < -0.39 is 0 Å². The van der Waals surface area contributed by atoms with Gasteiger partial charge >= 0.3 is 6.03 Å². The molecule has 7 heteroatoms. The average molecular weight is 392 g/mol. The standard InChI is InChI=1S/C21H20N4O2S/c1-12-5-3-4-6-16(12)18-11-22-21(28-18)25-20(27)23-13(2)14-7-8-17-15(9-14)10-19(26)24-17/h3-9,11,13H,10H2,1-2H3,(H,24,26)(H2,22,23,25,27)/t13-/m0/s1. The van der Waals surface area contributed by atoms with Crippen LogP contribution in [0.1, 0.15) is 29.7 Å². The molecule has 0 spiro atoms. The number of rotatable bonds is 4. The number of hydrogen-bond acceptors (Lipinski definition) is 4. The molecule has 0 aliphatic carbocycles. The van der Waals surface area contributed by atoms with Crippen molar-refractivity contribution in [1.29, 1.82) is 0 Å². The van der Waals surface area contributed by atoms with Crippen LogP contribution in [0.5, 0.6) is 0 Å². The van der Waals surface area contributed by atoms with Crippen molar-refractivity contribution in [3.63, 3.8) is 0 Å². The SMILES string of the molecule is Cc1ccccc1-c1cnc(NC(=O)N[C@@H](C)c2ccc3c(c2)CC(=O)N3)s1. The summed E-state index contributed by atoms with van der Waals surface area (Å²) in [5, 5.41) is 9.08. The third-order valence-corrected chi connectivity index (χ3v) is 5.68. The molecule has 0 bridgehead atoms. The van der Waals surface area contributed by atoms with Gasteiger partial charge in [0.2, 0.25) is 5.91 Å². The molecule has 2 aromatic carbocycles. The van der Waals surface area contributed by atoms with Gasteiger partial charge in [0.05, 0.1) is 17.3 Å². The van der Waals surface area contributed by atoms with Gasteiger partial charge < -0.3 is 10.6 Å². The maximum Gasteiger partial charge on any atom is 0.321 e. The van der Waals surface area contributed by atoms with Gasteiger partial charge in [-0.05, 0) is 42.2 Å². The summed E-state index contributed by atoms with van der Waals surface area (Å²) in [5.41, 5.74) is 5.03. The molecular formula is C21H20N4O2S. The van der Waals surface area contributed by atoms with Crippen molar-refractivity contribution in [2.75, 3.05) is 10.6 Å². The van der Waals surface area contributed by atoms with E-state index in [2.05, 4.69) is 33.9 Å². The van der Waals surface area contributed by atoms with Crippen LogP contribution in [0.25, 0.3) is 10.4 Å². The number of aromatic nitrogens is 1. The zero-order valence-electron chi connectivity index (χ0n) is 15.6. The Labute approximate surface area is 167 Å². The molecule has 6 nitrogen and oxygen atoms in total. The first kappa shape index (κ1) is 18.2. The van der Waals surface area contributed by atoms with Crippen LogP contribution < -0.4 is 16.0 Å². The zero-order chi connectivity index (χ0) is 19.7. The molecule has 3 aromatic rings. The van der Waals surface area contributed by atoms with Gasteiger partial charge in [-0.2, -0.15) is 0 Å². The van der Waals surface area contributed by atoms with Crippen LogP contribution in [0.15, 0.2) is 48.7 Å². The van der Waals surface area contributed by atoms with E-state index in [0.29, 0.717) is 11.6 Å². The maximum absolute atomic E-state index is 12.4. The number of thiazole rings is 1. The van der Waals surface area contributed by atoms with Crippen molar-refractivity contribution in [3.05, 3.63) is 65.4 Å². The summed E-state index contributed by atoms with van der Waals surface area (Å²) in [6, 6.07) is 13.3. The predicted molar refractivity (Wildman–Crippen MR) is 112 cm³/mol. The van der Waals surface area contributed by atoms with Crippen LogP contribution in [0.2, 0.25) is 0 Å². The largest absolute Gasteiger partial charge is 0.331 e. The molecule has 0 unspecified atom stereocenters. The lowest BCUT2D eigenvalue weighted by atomic mass is 10.0. The number of carbonyl (C=O) groups is 2. The normalized spacial score (nSPS) is 13.6. The maximum atomic E-state index is 12.4. The minimum absolute atomic E-state index is 0.00117. The lowest BCUT2D eigenvalue weighted by Gasteiger charge is -2.15. The fourth-order valence-electron chi connectivity index (χ4n) is 3.24. The summed E-state index contributed by atoms with van der Waals surface area (Å²) in [4.78, 5) is 29.2. The predicted octanol–water partition coefficient (Wildman–Crippen LogP) is 4.50. The lowest BCUT2D eigenvalue weighted by molar-refractivity contribution is -0.115. The van der Waals surface area contributed by atoms with Crippen LogP contribution >= 0.6 is 11.3 Å². The van der Waals surface area contributed by atoms with Gasteiger partial charge in [-0.25, -0.2) is 9.78 Å². The van der Waals surface area contributed by atoms with Crippen molar-refractivity contribution in [1.82, 2.24) is 10.3 Å². The van der Waals surface area contributed by atoms with Crippen molar-refractivity contribution < 1.29 is 9.59 Å². The van der Waals surface area contributed by atoms with Gasteiger partial charge in [0.1, 0.15) is 0 Å². The summed E-state index contributed by atoms with van der Waals surface area (Å²) in [5.74, 6) is -0.00117. The van der Waals surface area contributed by atoms with E-state index in [-0.39, 0.29) is 18.0 Å². The van der Waals surface area contributed by atoms with Gasteiger partial charge in [0.15, 0.2) is 5.13 Å². The van der Waals surface area contributed by atoms with Crippen molar-refractivity contribution in [3.8, 4) is 10.4 Å². The van der Waals surface area contributed by atoms with E-state index in [4.69, 9.17) is 0 Å². The smallest absolute Gasteiger partial charge is 0.321 e. The van der Waals surface area contributed by atoms with Crippen molar-refractivity contribution >= 4 is 34.1 Å². The van der Waals surface area contributed by atoms with Gasteiger partial charge in [-0.15, -0.1) is 0 Å². The summed E-state index contributed by atoms with van der Waals surface area (Å²) in [6.07, 6.45) is 2.15. The molecule has 0 radical (unpaired) electrons. The quantitative estimate of drug-likeness (QED) is 0.611. The number of aryl methyl sites for hydroxylation is 1. The first-order valence-corrected chi connectivity index (χ1v) is 9.83. The van der Waals surface area contributed by atoms with Gasteiger partial charge in [-0.1, -0.05) is 47.7 Å². The molecular weight excluding hydrogens is 372 g/mol. The summed E-state index contributed by atoms with van der Waals surface area (Å²) in [7, 11) is 0. The highest BCUT2D eigenvalue weighted by Crippen LogP contribution is 2.31. The molecule has 1 aromatic heterocycles. The Bertz CT molecular complexity index is 1060. The highest BCUT2D eigenvalue weighted by Gasteiger charge is 2.19. The van der Waals surface area contributed by atoms with Gasteiger partial charge in [0, 0.05) is 11.9 Å². The second kappa shape index (κ2) is 7.44. The highest BCUT2D eigenvalue weighted by molar-refractivity contribution is 7.19. The highest BCUT2D eigenvalue weighted by atomic mass is 32.1. The molecule has 1 aliphatic rings. The van der Waals surface area contributed by atoms with Crippen LogP contribution in [-0.2, 0) is 11.2 Å². The van der Waals surface area contributed by atoms with Crippen LogP contribution in [0.3, 0.4) is 0 Å². The summed E-state index contributed by atoms with van der Waals surface area (Å²) >= 11 is 1.44. The first-order valence-electron chi connectivity index (χ1n) is 9.01.